The van der Waals surface area contributed by atoms with Gasteiger partial charge in [0.1, 0.15) is 0 Å². The molecule has 0 amide bonds. The third kappa shape index (κ3) is 4.23. The van der Waals surface area contributed by atoms with Crippen LogP contribution in [-0.4, -0.2) is 19.6 Å². The third-order valence-electron chi connectivity index (χ3n) is 5.18. The molecule has 118 valence electrons. The summed E-state index contributed by atoms with van der Waals surface area (Å²) in [7, 11) is 2.21. The molecule has 1 saturated carbocycles. The van der Waals surface area contributed by atoms with Gasteiger partial charge < -0.3 is 10.6 Å². The van der Waals surface area contributed by atoms with Crippen molar-refractivity contribution >= 4 is 5.69 Å². The Labute approximate surface area is 130 Å². The largest absolute Gasteiger partial charge is 0.374 e. The van der Waals surface area contributed by atoms with Gasteiger partial charge >= 0.3 is 0 Å². The van der Waals surface area contributed by atoms with Gasteiger partial charge in [-0.05, 0) is 74.1 Å². The van der Waals surface area contributed by atoms with Crippen LogP contribution >= 0.6 is 0 Å². The normalized spacial score (nSPS) is 26.1. The fraction of sp³-hybridized carbons (Fsp3) is 0.684. The van der Waals surface area contributed by atoms with E-state index in [0.29, 0.717) is 12.0 Å². The van der Waals surface area contributed by atoms with E-state index in [1.165, 1.54) is 36.1 Å². The molecule has 2 heteroatoms. The Bertz CT molecular complexity index is 446. The van der Waals surface area contributed by atoms with Gasteiger partial charge in [0, 0.05) is 25.3 Å². The summed E-state index contributed by atoms with van der Waals surface area (Å²) < 4.78 is 0. The lowest BCUT2D eigenvalue weighted by Crippen LogP contribution is -2.43. The van der Waals surface area contributed by atoms with Gasteiger partial charge in [0.2, 0.25) is 0 Å². The summed E-state index contributed by atoms with van der Waals surface area (Å²) in [5.41, 5.74) is 10.4. The van der Waals surface area contributed by atoms with Gasteiger partial charge in [-0.25, -0.2) is 0 Å². The topological polar surface area (TPSA) is 29.3 Å². The van der Waals surface area contributed by atoms with Gasteiger partial charge in [0.15, 0.2) is 0 Å². The molecular weight excluding hydrogens is 256 g/mol. The number of aryl methyl sites for hydroxylation is 2. The maximum Gasteiger partial charge on any atom is 0.0369 e. The molecule has 3 unspecified atom stereocenters. The minimum absolute atomic E-state index is 0.369. The van der Waals surface area contributed by atoms with Crippen LogP contribution in [0.4, 0.5) is 5.69 Å². The SMILES string of the molecule is Cc1cc(C)cc(N(C)CC2CC(C(C)C)CCC2N)c1. The van der Waals surface area contributed by atoms with E-state index in [-0.39, 0.29) is 0 Å². The summed E-state index contributed by atoms with van der Waals surface area (Å²) in [5.74, 6) is 2.26. The molecule has 2 rings (SSSR count). The monoisotopic (exact) mass is 288 g/mol. The predicted octanol–water partition coefficient (Wildman–Crippen LogP) is 4.14. The molecule has 1 aromatic carbocycles. The Morgan fingerprint density at radius 1 is 1.14 bits per heavy atom. The van der Waals surface area contributed by atoms with E-state index in [1.54, 1.807) is 0 Å². The Morgan fingerprint density at radius 3 is 2.33 bits per heavy atom. The highest BCUT2D eigenvalue weighted by molar-refractivity contribution is 5.50. The first-order valence-electron chi connectivity index (χ1n) is 8.42. The molecule has 0 aromatic heterocycles. The van der Waals surface area contributed by atoms with Gasteiger partial charge in [-0.2, -0.15) is 0 Å². The summed E-state index contributed by atoms with van der Waals surface area (Å²) >= 11 is 0. The Hall–Kier alpha value is -1.02. The van der Waals surface area contributed by atoms with Crippen molar-refractivity contribution in [2.24, 2.45) is 23.5 Å². The van der Waals surface area contributed by atoms with Gasteiger partial charge in [-0.1, -0.05) is 19.9 Å². The summed E-state index contributed by atoms with van der Waals surface area (Å²) in [4.78, 5) is 2.40. The molecule has 21 heavy (non-hydrogen) atoms. The van der Waals surface area contributed by atoms with Crippen molar-refractivity contribution in [1.29, 1.82) is 0 Å². The zero-order valence-corrected chi connectivity index (χ0v) is 14.4. The first kappa shape index (κ1) is 16.4. The van der Waals surface area contributed by atoms with Gasteiger partial charge in [0.05, 0.1) is 0 Å². The van der Waals surface area contributed by atoms with E-state index in [4.69, 9.17) is 5.73 Å². The molecule has 0 aliphatic heterocycles. The van der Waals surface area contributed by atoms with Crippen molar-refractivity contribution in [3.05, 3.63) is 29.3 Å². The van der Waals surface area contributed by atoms with Crippen molar-refractivity contribution in [1.82, 2.24) is 0 Å². The molecule has 2 nitrogen and oxygen atoms in total. The zero-order chi connectivity index (χ0) is 15.6. The summed E-state index contributed by atoms with van der Waals surface area (Å²) in [6.07, 6.45) is 3.78. The minimum atomic E-state index is 0.369. The van der Waals surface area contributed by atoms with E-state index >= 15 is 0 Å². The molecule has 1 aliphatic carbocycles. The number of hydrogen-bond donors (Lipinski definition) is 1. The van der Waals surface area contributed by atoms with Crippen LogP contribution in [0.15, 0.2) is 18.2 Å². The lowest BCUT2D eigenvalue weighted by molar-refractivity contribution is 0.193. The van der Waals surface area contributed by atoms with Crippen LogP contribution in [-0.2, 0) is 0 Å². The third-order valence-corrected chi connectivity index (χ3v) is 5.18. The first-order chi connectivity index (χ1) is 9.86. The molecular formula is C19H32N2. The van der Waals surface area contributed by atoms with Crippen LogP contribution < -0.4 is 10.6 Å². The van der Waals surface area contributed by atoms with Crippen LogP contribution in [0.3, 0.4) is 0 Å². The average Bonchev–Trinajstić information content (AvgIpc) is 2.39. The smallest absolute Gasteiger partial charge is 0.0369 e. The van der Waals surface area contributed by atoms with Gasteiger partial charge in [-0.15, -0.1) is 0 Å². The highest BCUT2D eigenvalue weighted by Gasteiger charge is 2.30. The molecule has 0 spiro atoms. The second-order valence-corrected chi connectivity index (χ2v) is 7.47. The molecule has 1 aliphatic rings. The summed E-state index contributed by atoms with van der Waals surface area (Å²) in [6.45, 7) is 10.1. The summed E-state index contributed by atoms with van der Waals surface area (Å²) in [6, 6.07) is 7.16. The minimum Gasteiger partial charge on any atom is -0.374 e. The molecule has 0 bridgehead atoms. The number of nitrogens with two attached hydrogens (primary N) is 1. The number of hydrogen-bond acceptors (Lipinski definition) is 2. The second kappa shape index (κ2) is 6.83. The lowest BCUT2D eigenvalue weighted by Gasteiger charge is -2.38. The van der Waals surface area contributed by atoms with Crippen LogP contribution in [0.25, 0.3) is 0 Å². The first-order valence-corrected chi connectivity index (χ1v) is 8.42. The highest BCUT2D eigenvalue weighted by Crippen LogP contribution is 2.34. The van der Waals surface area contributed by atoms with E-state index < -0.39 is 0 Å². The van der Waals surface area contributed by atoms with Crippen LogP contribution in [0, 0.1) is 31.6 Å². The van der Waals surface area contributed by atoms with Crippen molar-refractivity contribution in [3.8, 4) is 0 Å². The number of rotatable bonds is 4. The predicted molar refractivity (Wildman–Crippen MR) is 92.8 cm³/mol. The number of anilines is 1. The quantitative estimate of drug-likeness (QED) is 0.902. The molecule has 0 saturated heterocycles. The van der Waals surface area contributed by atoms with Gasteiger partial charge in [0.25, 0.3) is 0 Å². The van der Waals surface area contributed by atoms with Crippen molar-refractivity contribution in [3.63, 3.8) is 0 Å². The Morgan fingerprint density at radius 2 is 1.76 bits per heavy atom. The molecule has 1 fully saturated rings. The van der Waals surface area contributed by atoms with Crippen LogP contribution in [0.2, 0.25) is 0 Å². The zero-order valence-electron chi connectivity index (χ0n) is 14.4. The van der Waals surface area contributed by atoms with Crippen LogP contribution in [0.1, 0.15) is 44.2 Å². The fourth-order valence-corrected chi connectivity index (χ4v) is 3.77. The average molecular weight is 288 g/mol. The molecule has 0 radical (unpaired) electrons. The molecule has 1 aromatic rings. The maximum atomic E-state index is 6.40. The molecule has 2 N–H and O–H groups in total. The van der Waals surface area contributed by atoms with Crippen LogP contribution in [0.5, 0.6) is 0 Å². The Kier molecular flexibility index (Phi) is 5.32. The van der Waals surface area contributed by atoms with Crippen molar-refractivity contribution < 1.29 is 0 Å². The molecule has 0 heterocycles. The fourth-order valence-electron chi connectivity index (χ4n) is 3.77. The van der Waals surface area contributed by atoms with E-state index in [1.807, 2.05) is 0 Å². The van der Waals surface area contributed by atoms with Gasteiger partial charge in [-0.3, -0.25) is 0 Å². The Balaban J connectivity index is 2.04. The number of nitrogens with zero attached hydrogens (tertiary/aromatic N) is 1. The molecule has 3 atom stereocenters. The highest BCUT2D eigenvalue weighted by atomic mass is 15.1. The maximum absolute atomic E-state index is 6.40. The van der Waals surface area contributed by atoms with E-state index in [0.717, 1.165) is 18.4 Å². The second-order valence-electron chi connectivity index (χ2n) is 7.47. The van der Waals surface area contributed by atoms with Crippen molar-refractivity contribution in [2.75, 3.05) is 18.5 Å². The number of benzene rings is 1. The summed E-state index contributed by atoms with van der Waals surface area (Å²) in [5, 5.41) is 0. The lowest BCUT2D eigenvalue weighted by atomic mass is 9.73. The van der Waals surface area contributed by atoms with E-state index in [9.17, 15) is 0 Å². The standard InChI is InChI=1S/C19H32N2/c1-13(2)16-6-7-19(20)17(11-16)12-21(5)18-9-14(3)8-15(4)10-18/h8-10,13,16-17,19H,6-7,11-12,20H2,1-5H3. The van der Waals surface area contributed by atoms with E-state index in [2.05, 4.69) is 57.8 Å². The van der Waals surface area contributed by atoms with Crippen molar-refractivity contribution in [2.45, 2.75) is 53.0 Å².